The maximum atomic E-state index is 5.03. The zero-order valence-electron chi connectivity index (χ0n) is 9.59. The molecule has 0 saturated heterocycles. The van der Waals surface area contributed by atoms with Crippen molar-refractivity contribution in [2.75, 3.05) is 26.8 Å². The predicted octanol–water partition coefficient (Wildman–Crippen LogP) is 3.07. The molecular weight excluding hydrogens is 286 g/mol. The molecule has 16 heavy (non-hydrogen) atoms. The molecule has 0 radical (unpaired) electrons. The van der Waals surface area contributed by atoms with Crippen molar-refractivity contribution >= 4 is 27.3 Å². The average molecular weight is 304 g/mol. The van der Waals surface area contributed by atoms with Gasteiger partial charge in [0.05, 0.1) is 10.4 Å². The van der Waals surface area contributed by atoms with E-state index < -0.39 is 0 Å². The van der Waals surface area contributed by atoms with Crippen LogP contribution in [-0.2, 0) is 11.2 Å². The molecule has 90 valence electrons. The summed E-state index contributed by atoms with van der Waals surface area (Å²) in [4.78, 5) is 1.50. The van der Waals surface area contributed by atoms with Gasteiger partial charge in [-0.15, -0.1) is 11.3 Å². The highest BCUT2D eigenvalue weighted by Crippen LogP contribution is 2.48. The fourth-order valence-corrected chi connectivity index (χ4v) is 3.59. The van der Waals surface area contributed by atoms with Crippen LogP contribution in [0, 0.1) is 5.41 Å². The summed E-state index contributed by atoms with van der Waals surface area (Å²) < 4.78 is 6.27. The number of hydrogen-bond donors (Lipinski definition) is 1. The summed E-state index contributed by atoms with van der Waals surface area (Å²) >= 11 is 5.38. The second kappa shape index (κ2) is 5.63. The summed E-state index contributed by atoms with van der Waals surface area (Å²) in [6.07, 6.45) is 3.95. The third-order valence-electron chi connectivity index (χ3n) is 3.12. The van der Waals surface area contributed by atoms with Crippen LogP contribution in [0.4, 0.5) is 0 Å². The van der Waals surface area contributed by atoms with Crippen molar-refractivity contribution < 1.29 is 4.74 Å². The van der Waals surface area contributed by atoms with Gasteiger partial charge in [-0.25, -0.2) is 0 Å². The second-order valence-corrected chi connectivity index (χ2v) is 7.10. The molecule has 4 heteroatoms. The number of thiophene rings is 1. The van der Waals surface area contributed by atoms with Gasteiger partial charge in [0, 0.05) is 25.1 Å². The molecule has 0 aromatic carbocycles. The Hall–Kier alpha value is 0.1000. The van der Waals surface area contributed by atoms with Crippen LogP contribution in [0.5, 0.6) is 0 Å². The maximum Gasteiger partial charge on any atom is 0.0701 e. The SMILES string of the molecule is COCCNCC1(Cc2ccc(Br)s2)CC1. The molecule has 1 heterocycles. The Bertz CT molecular complexity index is 336. The highest BCUT2D eigenvalue weighted by molar-refractivity contribution is 9.11. The minimum atomic E-state index is 0.540. The van der Waals surface area contributed by atoms with E-state index >= 15 is 0 Å². The van der Waals surface area contributed by atoms with E-state index in [1.807, 2.05) is 11.3 Å². The van der Waals surface area contributed by atoms with Gasteiger partial charge in [0.1, 0.15) is 0 Å². The number of methoxy groups -OCH3 is 1. The van der Waals surface area contributed by atoms with Crippen molar-refractivity contribution in [1.82, 2.24) is 5.32 Å². The number of nitrogens with one attached hydrogen (secondary N) is 1. The van der Waals surface area contributed by atoms with Crippen LogP contribution in [0.25, 0.3) is 0 Å². The lowest BCUT2D eigenvalue weighted by atomic mass is 10.0. The van der Waals surface area contributed by atoms with E-state index in [4.69, 9.17) is 4.74 Å². The zero-order valence-corrected chi connectivity index (χ0v) is 12.0. The minimum absolute atomic E-state index is 0.540. The summed E-state index contributed by atoms with van der Waals surface area (Å²) in [6.45, 7) is 2.90. The van der Waals surface area contributed by atoms with E-state index in [1.54, 1.807) is 7.11 Å². The molecule has 1 aromatic rings. The van der Waals surface area contributed by atoms with E-state index in [-0.39, 0.29) is 0 Å². The highest BCUT2D eigenvalue weighted by Gasteiger charge is 2.42. The van der Waals surface area contributed by atoms with Gasteiger partial charge >= 0.3 is 0 Å². The van der Waals surface area contributed by atoms with Crippen LogP contribution < -0.4 is 5.32 Å². The Morgan fingerprint density at radius 3 is 2.88 bits per heavy atom. The lowest BCUT2D eigenvalue weighted by molar-refractivity contribution is 0.197. The van der Waals surface area contributed by atoms with E-state index in [1.165, 1.54) is 27.9 Å². The van der Waals surface area contributed by atoms with Gasteiger partial charge in [0.15, 0.2) is 0 Å². The molecular formula is C12H18BrNOS. The predicted molar refractivity (Wildman–Crippen MR) is 72.1 cm³/mol. The average Bonchev–Trinajstić information content (AvgIpc) is 2.90. The Balaban J connectivity index is 1.75. The van der Waals surface area contributed by atoms with Gasteiger partial charge in [-0.2, -0.15) is 0 Å². The van der Waals surface area contributed by atoms with E-state index in [0.29, 0.717) is 5.41 Å². The van der Waals surface area contributed by atoms with Crippen LogP contribution in [0.2, 0.25) is 0 Å². The third-order valence-corrected chi connectivity index (χ3v) is 4.74. The molecule has 1 N–H and O–H groups in total. The lowest BCUT2D eigenvalue weighted by Crippen LogP contribution is -2.28. The Labute approximate surface area is 110 Å². The van der Waals surface area contributed by atoms with E-state index in [9.17, 15) is 0 Å². The van der Waals surface area contributed by atoms with Gasteiger partial charge in [-0.05, 0) is 52.7 Å². The van der Waals surface area contributed by atoms with Gasteiger partial charge < -0.3 is 10.1 Å². The Morgan fingerprint density at radius 1 is 1.50 bits per heavy atom. The number of ether oxygens (including phenoxy) is 1. The molecule has 0 atom stereocenters. The molecule has 0 aliphatic heterocycles. The zero-order chi connectivity index (χ0) is 11.4. The van der Waals surface area contributed by atoms with E-state index in [0.717, 1.165) is 19.7 Å². The number of rotatable bonds is 7. The fraction of sp³-hybridized carbons (Fsp3) is 0.667. The largest absolute Gasteiger partial charge is 0.383 e. The quantitative estimate of drug-likeness (QED) is 0.782. The van der Waals surface area contributed by atoms with Crippen LogP contribution in [0.15, 0.2) is 15.9 Å². The molecule has 1 saturated carbocycles. The van der Waals surface area contributed by atoms with Crippen LogP contribution >= 0.6 is 27.3 Å². The van der Waals surface area contributed by atoms with Crippen LogP contribution in [0.3, 0.4) is 0 Å². The molecule has 1 aliphatic carbocycles. The first-order valence-corrected chi connectivity index (χ1v) is 7.29. The molecule has 0 amide bonds. The van der Waals surface area contributed by atoms with E-state index in [2.05, 4.69) is 33.4 Å². The monoisotopic (exact) mass is 303 g/mol. The third kappa shape index (κ3) is 3.55. The molecule has 2 rings (SSSR count). The fourth-order valence-electron chi connectivity index (χ4n) is 1.94. The Kier molecular flexibility index (Phi) is 4.41. The lowest BCUT2D eigenvalue weighted by Gasteiger charge is -2.14. The van der Waals surface area contributed by atoms with Crippen LogP contribution in [0.1, 0.15) is 17.7 Å². The summed E-state index contributed by atoms with van der Waals surface area (Å²) in [7, 11) is 1.75. The molecule has 1 fully saturated rings. The maximum absolute atomic E-state index is 5.03. The summed E-state index contributed by atoms with van der Waals surface area (Å²) in [5.74, 6) is 0. The molecule has 1 aliphatic rings. The van der Waals surface area contributed by atoms with Crippen molar-refractivity contribution in [2.24, 2.45) is 5.41 Å². The van der Waals surface area contributed by atoms with Crippen molar-refractivity contribution in [1.29, 1.82) is 0 Å². The normalized spacial score (nSPS) is 17.6. The second-order valence-electron chi connectivity index (χ2n) is 4.55. The molecule has 0 bridgehead atoms. The smallest absolute Gasteiger partial charge is 0.0701 e. The van der Waals surface area contributed by atoms with Gasteiger partial charge in [0.25, 0.3) is 0 Å². The van der Waals surface area contributed by atoms with Gasteiger partial charge in [0.2, 0.25) is 0 Å². The van der Waals surface area contributed by atoms with Crippen molar-refractivity contribution in [2.45, 2.75) is 19.3 Å². The molecule has 0 unspecified atom stereocenters. The van der Waals surface area contributed by atoms with Crippen molar-refractivity contribution in [3.05, 3.63) is 20.8 Å². The summed E-state index contributed by atoms with van der Waals surface area (Å²) in [5.41, 5.74) is 0.540. The van der Waals surface area contributed by atoms with Gasteiger partial charge in [-0.3, -0.25) is 0 Å². The standard InChI is InChI=1S/C12H18BrNOS/c1-15-7-6-14-9-12(4-5-12)8-10-2-3-11(13)16-10/h2-3,14H,4-9H2,1H3. The number of hydrogen-bond acceptors (Lipinski definition) is 3. The van der Waals surface area contributed by atoms with Crippen molar-refractivity contribution in [3.63, 3.8) is 0 Å². The highest BCUT2D eigenvalue weighted by atomic mass is 79.9. The summed E-state index contributed by atoms with van der Waals surface area (Å²) in [6, 6.07) is 4.39. The van der Waals surface area contributed by atoms with Crippen LogP contribution in [-0.4, -0.2) is 26.8 Å². The topological polar surface area (TPSA) is 21.3 Å². The Morgan fingerprint density at radius 2 is 2.31 bits per heavy atom. The molecule has 2 nitrogen and oxygen atoms in total. The first-order chi connectivity index (χ1) is 7.74. The molecule has 0 spiro atoms. The summed E-state index contributed by atoms with van der Waals surface area (Å²) in [5, 5.41) is 3.48. The number of halogens is 1. The minimum Gasteiger partial charge on any atom is -0.383 e. The first kappa shape index (κ1) is 12.6. The molecule has 1 aromatic heterocycles. The van der Waals surface area contributed by atoms with Gasteiger partial charge in [-0.1, -0.05) is 0 Å². The first-order valence-electron chi connectivity index (χ1n) is 5.68. The van der Waals surface area contributed by atoms with Crippen molar-refractivity contribution in [3.8, 4) is 0 Å².